The van der Waals surface area contributed by atoms with Gasteiger partial charge >= 0.3 is 202 Å². The van der Waals surface area contributed by atoms with E-state index in [1.807, 2.05) is 0 Å². The zero-order valence-corrected chi connectivity index (χ0v) is 23.1. The monoisotopic (exact) mass is 492 g/mol. The maximum absolute atomic E-state index is 1.70. The molecule has 0 unspecified atom stereocenters. The van der Waals surface area contributed by atoms with Crippen molar-refractivity contribution in [2.24, 2.45) is 17.8 Å². The van der Waals surface area contributed by atoms with E-state index in [9.17, 15) is 0 Å². The Morgan fingerprint density at radius 2 is 0.645 bits per heavy atom. The van der Waals surface area contributed by atoms with Gasteiger partial charge in [0.25, 0.3) is 0 Å². The second kappa shape index (κ2) is 17.1. The minimum absolute atomic E-state index is 0.532. The first-order chi connectivity index (χ1) is 15.4. The van der Waals surface area contributed by atoms with Crippen LogP contribution in [-0.4, -0.2) is 14.7 Å². The van der Waals surface area contributed by atoms with Crippen LogP contribution in [0.1, 0.15) is 154 Å². The zero-order valence-electron chi connectivity index (χ0n) is 21.3. The maximum atomic E-state index is 1.70. The predicted octanol–water partition coefficient (Wildman–Crippen LogP) is 10.7. The Balaban J connectivity index is 1.27. The van der Waals surface area contributed by atoms with Crippen LogP contribution < -0.4 is 0 Å². The van der Waals surface area contributed by atoms with Crippen LogP contribution in [0.25, 0.3) is 0 Å². The second-order valence-corrected chi connectivity index (χ2v) is 17.5. The van der Waals surface area contributed by atoms with Crippen LogP contribution >= 0.6 is 0 Å². The third kappa shape index (κ3) is 12.0. The standard InChI is InChI=1S/C30H57As/c1-4-16-28(17-5-1)22-10-13-25-31(26-14-11-23-29-18-6-2-7-19-29)27-15-12-24-30-20-8-3-9-21-30/h28-30H,1-27H2. The molecular weight excluding hydrogens is 435 g/mol. The van der Waals surface area contributed by atoms with Gasteiger partial charge in [0.2, 0.25) is 0 Å². The Morgan fingerprint density at radius 1 is 0.355 bits per heavy atom. The van der Waals surface area contributed by atoms with Gasteiger partial charge in [-0.15, -0.1) is 0 Å². The van der Waals surface area contributed by atoms with Crippen molar-refractivity contribution < 1.29 is 0 Å². The fraction of sp³-hybridized carbons (Fsp3) is 1.00. The molecule has 3 aliphatic rings. The van der Waals surface area contributed by atoms with Gasteiger partial charge in [0.1, 0.15) is 0 Å². The van der Waals surface area contributed by atoms with Crippen LogP contribution in [0.2, 0.25) is 15.6 Å². The van der Waals surface area contributed by atoms with E-state index in [1.165, 1.54) is 57.8 Å². The van der Waals surface area contributed by atoms with Crippen molar-refractivity contribution >= 4 is 14.7 Å². The van der Waals surface area contributed by atoms with Crippen LogP contribution in [0.3, 0.4) is 0 Å². The van der Waals surface area contributed by atoms with Crippen LogP contribution in [-0.2, 0) is 0 Å². The molecule has 1 heteroatoms. The molecule has 0 N–H and O–H groups in total. The van der Waals surface area contributed by atoms with E-state index in [1.54, 1.807) is 112 Å². The van der Waals surface area contributed by atoms with E-state index in [0.717, 1.165) is 17.8 Å². The summed E-state index contributed by atoms with van der Waals surface area (Å²) in [6, 6.07) is 0. The zero-order chi connectivity index (χ0) is 21.4. The fourth-order valence-electron chi connectivity index (χ4n) is 7.07. The molecule has 31 heavy (non-hydrogen) atoms. The summed E-state index contributed by atoms with van der Waals surface area (Å²) in [6.45, 7) is 0. The molecule has 0 aliphatic heterocycles. The van der Waals surface area contributed by atoms with Gasteiger partial charge in [0.15, 0.2) is 0 Å². The molecule has 0 saturated heterocycles. The summed E-state index contributed by atoms with van der Waals surface area (Å²) in [5.74, 6) is 3.34. The number of hydrogen-bond acceptors (Lipinski definition) is 0. The third-order valence-corrected chi connectivity index (χ3v) is 15.2. The van der Waals surface area contributed by atoms with E-state index in [0.29, 0.717) is 0 Å². The van der Waals surface area contributed by atoms with E-state index in [2.05, 4.69) is 0 Å². The summed E-state index contributed by atoms with van der Waals surface area (Å²) in [6.07, 6.45) is 37.3. The molecule has 0 aromatic carbocycles. The first kappa shape index (κ1) is 26.2. The number of hydrogen-bond donors (Lipinski definition) is 0. The quantitative estimate of drug-likeness (QED) is 0.157. The topological polar surface area (TPSA) is 0 Å². The van der Waals surface area contributed by atoms with Crippen molar-refractivity contribution in [3.05, 3.63) is 0 Å². The average Bonchev–Trinajstić information content (AvgIpc) is 2.83. The van der Waals surface area contributed by atoms with Crippen molar-refractivity contribution in [1.82, 2.24) is 0 Å². The molecule has 0 atom stereocenters. The first-order valence-corrected chi connectivity index (χ1v) is 19.1. The molecule has 0 amide bonds. The van der Waals surface area contributed by atoms with E-state index in [-0.39, 0.29) is 0 Å². The summed E-state index contributed by atoms with van der Waals surface area (Å²) < 4.78 is 0. The Kier molecular flexibility index (Phi) is 14.4. The van der Waals surface area contributed by atoms with E-state index < -0.39 is 14.7 Å². The molecule has 0 bridgehead atoms. The van der Waals surface area contributed by atoms with E-state index in [4.69, 9.17) is 0 Å². The fourth-order valence-corrected chi connectivity index (χ4v) is 12.7. The predicted molar refractivity (Wildman–Crippen MR) is 141 cm³/mol. The molecule has 3 saturated carbocycles. The Bertz CT molecular complexity index is 339. The molecule has 3 fully saturated rings. The van der Waals surface area contributed by atoms with Gasteiger partial charge in [0.05, 0.1) is 0 Å². The molecule has 0 radical (unpaired) electrons. The molecule has 0 nitrogen and oxygen atoms in total. The van der Waals surface area contributed by atoms with Crippen molar-refractivity contribution in [3.8, 4) is 0 Å². The molecule has 0 aromatic heterocycles. The second-order valence-electron chi connectivity index (χ2n) is 11.8. The summed E-state index contributed by atoms with van der Waals surface area (Å²) in [4.78, 5) is 0. The summed E-state index contributed by atoms with van der Waals surface area (Å²) in [5, 5.41) is 5.10. The summed E-state index contributed by atoms with van der Waals surface area (Å²) in [5.41, 5.74) is 0. The molecule has 3 aliphatic carbocycles. The molecular formula is C30H57As. The molecule has 0 spiro atoms. The Labute approximate surface area is 201 Å². The number of unbranched alkanes of at least 4 members (excludes halogenated alkanes) is 3. The molecule has 3 rings (SSSR count). The van der Waals surface area contributed by atoms with Gasteiger partial charge in [-0.3, -0.25) is 0 Å². The van der Waals surface area contributed by atoms with Gasteiger partial charge in [0, 0.05) is 0 Å². The van der Waals surface area contributed by atoms with Crippen molar-refractivity contribution in [1.29, 1.82) is 0 Å². The normalized spacial score (nSPS) is 22.4. The van der Waals surface area contributed by atoms with Crippen LogP contribution in [0, 0.1) is 17.8 Å². The molecule has 182 valence electrons. The third-order valence-electron chi connectivity index (χ3n) is 9.18. The van der Waals surface area contributed by atoms with Crippen LogP contribution in [0.15, 0.2) is 0 Å². The van der Waals surface area contributed by atoms with Gasteiger partial charge in [-0.2, -0.15) is 0 Å². The Morgan fingerprint density at radius 3 is 0.935 bits per heavy atom. The van der Waals surface area contributed by atoms with Crippen LogP contribution in [0.4, 0.5) is 0 Å². The molecule has 0 aromatic rings. The van der Waals surface area contributed by atoms with Gasteiger partial charge in [-0.05, 0) is 0 Å². The average molecular weight is 493 g/mol. The summed E-state index contributed by atoms with van der Waals surface area (Å²) >= 11 is -0.532. The van der Waals surface area contributed by atoms with Crippen molar-refractivity contribution in [2.45, 2.75) is 170 Å². The molecule has 0 heterocycles. The summed E-state index contributed by atoms with van der Waals surface area (Å²) in [7, 11) is 0. The van der Waals surface area contributed by atoms with Crippen molar-refractivity contribution in [3.63, 3.8) is 0 Å². The van der Waals surface area contributed by atoms with Crippen molar-refractivity contribution in [2.75, 3.05) is 0 Å². The number of rotatable bonds is 15. The SMILES string of the molecule is C1CCC(CCCC[As](CCCCC2CCCCC2)CCCCC2CCCCC2)CC1. The Hall–Kier alpha value is 0.558. The van der Waals surface area contributed by atoms with Gasteiger partial charge in [-0.25, -0.2) is 0 Å². The van der Waals surface area contributed by atoms with E-state index >= 15 is 0 Å². The van der Waals surface area contributed by atoms with Gasteiger partial charge < -0.3 is 0 Å². The van der Waals surface area contributed by atoms with Gasteiger partial charge in [-0.1, -0.05) is 0 Å². The first-order valence-electron chi connectivity index (χ1n) is 15.1. The van der Waals surface area contributed by atoms with Crippen LogP contribution in [0.5, 0.6) is 0 Å². The minimum atomic E-state index is -0.532.